The summed E-state index contributed by atoms with van der Waals surface area (Å²) < 4.78 is 5.71. The lowest BCUT2D eigenvalue weighted by atomic mass is 10.1. The molecular formula is C22H23N3O2. The first-order valence-electron chi connectivity index (χ1n) is 8.98. The monoisotopic (exact) mass is 361 g/mol. The third-order valence-electron chi connectivity index (χ3n) is 4.34. The zero-order chi connectivity index (χ0) is 19.1. The second kappa shape index (κ2) is 8.85. The van der Waals surface area contributed by atoms with Crippen LogP contribution in [0.1, 0.15) is 22.8 Å². The number of pyridine rings is 1. The number of primary amides is 1. The molecule has 0 aliphatic carbocycles. The smallest absolute Gasteiger partial charge is 0.250 e. The molecule has 5 heteroatoms. The highest BCUT2D eigenvalue weighted by Gasteiger charge is 2.05. The first-order chi connectivity index (χ1) is 13.2. The van der Waals surface area contributed by atoms with Gasteiger partial charge in [-0.3, -0.25) is 4.79 Å². The van der Waals surface area contributed by atoms with Gasteiger partial charge in [-0.2, -0.15) is 0 Å². The molecule has 0 radical (unpaired) electrons. The minimum Gasteiger partial charge on any atom is -0.439 e. The summed E-state index contributed by atoms with van der Waals surface area (Å²) in [6.07, 6.45) is 2.36. The maximum Gasteiger partial charge on any atom is 0.250 e. The first kappa shape index (κ1) is 18.5. The minimum atomic E-state index is -0.505. The Morgan fingerprint density at radius 3 is 2.37 bits per heavy atom. The molecule has 0 saturated carbocycles. The number of carbonyl (C=O) groups excluding carboxylic acids is 1. The van der Waals surface area contributed by atoms with Crippen LogP contribution in [-0.2, 0) is 6.42 Å². The Morgan fingerprint density at radius 1 is 1.04 bits per heavy atom. The van der Waals surface area contributed by atoms with Gasteiger partial charge < -0.3 is 15.4 Å². The third-order valence-corrected chi connectivity index (χ3v) is 4.34. The van der Waals surface area contributed by atoms with Crippen LogP contribution in [0.25, 0.3) is 0 Å². The van der Waals surface area contributed by atoms with Crippen LogP contribution in [0.15, 0.2) is 72.9 Å². The number of carbonyl (C=O) groups is 1. The zero-order valence-electron chi connectivity index (χ0n) is 15.3. The van der Waals surface area contributed by atoms with Crippen molar-refractivity contribution < 1.29 is 9.53 Å². The van der Waals surface area contributed by atoms with Gasteiger partial charge >= 0.3 is 0 Å². The number of rotatable bonds is 8. The Kier molecular flexibility index (Phi) is 6.05. The molecule has 138 valence electrons. The van der Waals surface area contributed by atoms with Crippen molar-refractivity contribution >= 4 is 11.6 Å². The van der Waals surface area contributed by atoms with Crippen molar-refractivity contribution in [1.82, 2.24) is 4.98 Å². The average molecular weight is 361 g/mol. The number of hydrogen-bond donors (Lipinski definition) is 1. The van der Waals surface area contributed by atoms with E-state index in [1.807, 2.05) is 18.2 Å². The highest BCUT2D eigenvalue weighted by atomic mass is 16.5. The first-order valence-corrected chi connectivity index (χ1v) is 8.98. The van der Waals surface area contributed by atoms with Crippen LogP contribution < -0.4 is 15.4 Å². The highest BCUT2D eigenvalue weighted by molar-refractivity contribution is 5.92. The Bertz CT molecular complexity index is 862. The highest BCUT2D eigenvalue weighted by Crippen LogP contribution is 2.21. The molecule has 2 N–H and O–H groups in total. The molecule has 0 unspecified atom stereocenters. The normalized spacial score (nSPS) is 10.4. The molecule has 1 amide bonds. The summed E-state index contributed by atoms with van der Waals surface area (Å²) in [5.74, 6) is 0.623. The topological polar surface area (TPSA) is 68.5 Å². The number of para-hydroxylation sites is 1. The van der Waals surface area contributed by atoms with Gasteiger partial charge in [0.05, 0.1) is 5.56 Å². The number of anilines is 1. The quantitative estimate of drug-likeness (QED) is 0.657. The summed E-state index contributed by atoms with van der Waals surface area (Å²) >= 11 is 0. The molecule has 3 rings (SSSR count). The van der Waals surface area contributed by atoms with Crippen LogP contribution in [0, 0.1) is 0 Å². The molecule has 0 fully saturated rings. The van der Waals surface area contributed by atoms with Crippen LogP contribution in [0.2, 0.25) is 0 Å². The van der Waals surface area contributed by atoms with Gasteiger partial charge in [-0.1, -0.05) is 30.3 Å². The lowest BCUT2D eigenvalue weighted by Gasteiger charge is -2.23. The fourth-order valence-corrected chi connectivity index (χ4v) is 2.80. The number of aromatic nitrogens is 1. The zero-order valence-corrected chi connectivity index (χ0v) is 15.3. The van der Waals surface area contributed by atoms with E-state index in [0.29, 0.717) is 17.2 Å². The molecule has 1 aromatic heterocycles. The van der Waals surface area contributed by atoms with E-state index < -0.39 is 5.91 Å². The molecule has 0 atom stereocenters. The fourth-order valence-electron chi connectivity index (χ4n) is 2.80. The van der Waals surface area contributed by atoms with Crippen molar-refractivity contribution in [2.45, 2.75) is 13.3 Å². The fraction of sp³-hybridized carbons (Fsp3) is 0.182. The van der Waals surface area contributed by atoms with E-state index in [4.69, 9.17) is 10.5 Å². The number of ether oxygens (including phenoxy) is 1. The molecule has 0 bridgehead atoms. The van der Waals surface area contributed by atoms with Crippen molar-refractivity contribution in [3.63, 3.8) is 0 Å². The number of nitrogens with zero attached hydrogens (tertiary/aromatic N) is 2. The van der Waals surface area contributed by atoms with Crippen LogP contribution in [0.3, 0.4) is 0 Å². The number of benzene rings is 2. The molecule has 5 nitrogen and oxygen atoms in total. The largest absolute Gasteiger partial charge is 0.439 e. The molecule has 0 aliphatic rings. The molecule has 0 saturated heterocycles. The van der Waals surface area contributed by atoms with E-state index in [1.165, 1.54) is 17.4 Å². The van der Waals surface area contributed by atoms with Crippen molar-refractivity contribution in [3.05, 3.63) is 84.1 Å². The van der Waals surface area contributed by atoms with Crippen LogP contribution >= 0.6 is 0 Å². The number of amides is 1. The van der Waals surface area contributed by atoms with E-state index in [1.54, 1.807) is 12.1 Å². The molecule has 0 spiro atoms. The van der Waals surface area contributed by atoms with Gasteiger partial charge in [-0.25, -0.2) is 4.98 Å². The summed E-state index contributed by atoms with van der Waals surface area (Å²) in [7, 11) is 0. The molecule has 1 heterocycles. The Hall–Kier alpha value is -3.34. The van der Waals surface area contributed by atoms with Gasteiger partial charge in [0, 0.05) is 31.0 Å². The second-order valence-electron chi connectivity index (χ2n) is 6.16. The predicted octanol–water partition coefficient (Wildman–Crippen LogP) is 4.04. The van der Waals surface area contributed by atoms with Crippen LogP contribution in [-0.4, -0.2) is 24.0 Å². The Morgan fingerprint density at radius 2 is 1.78 bits per heavy atom. The summed E-state index contributed by atoms with van der Waals surface area (Å²) in [5.41, 5.74) is 8.05. The standard InChI is InChI=1S/C22H23N3O2/c1-2-25(19-6-4-3-5-7-19)15-14-17-8-11-20(12-9-17)27-21-13-10-18(16-24-21)22(23)26/h3-13,16H,2,14-15H2,1H3,(H2,23,26). The Balaban J connectivity index is 1.57. The van der Waals surface area contributed by atoms with E-state index >= 15 is 0 Å². The number of hydrogen-bond acceptors (Lipinski definition) is 4. The van der Waals surface area contributed by atoms with E-state index in [0.717, 1.165) is 19.5 Å². The number of nitrogens with two attached hydrogens (primary N) is 1. The SMILES string of the molecule is CCN(CCc1ccc(Oc2ccc(C(N)=O)cn2)cc1)c1ccccc1. The predicted molar refractivity (Wildman–Crippen MR) is 107 cm³/mol. The molecule has 2 aromatic carbocycles. The van der Waals surface area contributed by atoms with Gasteiger partial charge in [0.15, 0.2) is 0 Å². The van der Waals surface area contributed by atoms with Crippen molar-refractivity contribution in [3.8, 4) is 11.6 Å². The van der Waals surface area contributed by atoms with E-state index in [9.17, 15) is 4.79 Å². The maximum absolute atomic E-state index is 11.1. The van der Waals surface area contributed by atoms with Gasteiger partial charge in [-0.05, 0) is 49.2 Å². The Labute approximate surface area is 159 Å². The third kappa shape index (κ3) is 5.07. The van der Waals surface area contributed by atoms with Crippen LogP contribution in [0.5, 0.6) is 11.6 Å². The van der Waals surface area contributed by atoms with Gasteiger partial charge in [0.1, 0.15) is 5.75 Å². The van der Waals surface area contributed by atoms with Crippen molar-refractivity contribution in [2.75, 3.05) is 18.0 Å². The minimum absolute atomic E-state index is 0.358. The van der Waals surface area contributed by atoms with Crippen LogP contribution in [0.4, 0.5) is 5.69 Å². The maximum atomic E-state index is 11.1. The van der Waals surface area contributed by atoms with Gasteiger partial charge in [0.25, 0.3) is 0 Å². The summed E-state index contributed by atoms with van der Waals surface area (Å²) in [4.78, 5) is 17.5. The van der Waals surface area contributed by atoms with E-state index in [2.05, 4.69) is 53.2 Å². The molecular weight excluding hydrogens is 338 g/mol. The van der Waals surface area contributed by atoms with Gasteiger partial charge in [-0.15, -0.1) is 0 Å². The average Bonchev–Trinajstić information content (AvgIpc) is 2.71. The second-order valence-corrected chi connectivity index (χ2v) is 6.16. The van der Waals surface area contributed by atoms with Gasteiger partial charge in [0.2, 0.25) is 11.8 Å². The number of likely N-dealkylation sites (N-methyl/N-ethyl adjacent to an activating group) is 1. The van der Waals surface area contributed by atoms with E-state index in [-0.39, 0.29) is 0 Å². The lowest BCUT2D eigenvalue weighted by molar-refractivity contribution is 0.1000. The summed E-state index contributed by atoms with van der Waals surface area (Å²) in [6.45, 7) is 4.09. The summed E-state index contributed by atoms with van der Waals surface area (Å²) in [5, 5.41) is 0. The van der Waals surface area contributed by atoms with Crippen molar-refractivity contribution in [2.24, 2.45) is 5.73 Å². The molecule has 3 aromatic rings. The molecule has 27 heavy (non-hydrogen) atoms. The lowest BCUT2D eigenvalue weighted by Crippen LogP contribution is -2.25. The summed E-state index contributed by atoms with van der Waals surface area (Å²) in [6, 6.07) is 21.6. The van der Waals surface area contributed by atoms with Crippen molar-refractivity contribution in [1.29, 1.82) is 0 Å². The molecule has 0 aliphatic heterocycles.